The maximum absolute atomic E-state index is 12.2. The average Bonchev–Trinajstić information content (AvgIpc) is 3.01. The topological polar surface area (TPSA) is 50.8 Å². The Kier molecular flexibility index (Phi) is 4.95. The van der Waals surface area contributed by atoms with Crippen LogP contribution in [-0.4, -0.2) is 55.8 Å². The molecule has 2 atom stereocenters. The molecule has 0 unspecified atom stereocenters. The van der Waals surface area contributed by atoms with Crippen molar-refractivity contribution >= 4 is 5.91 Å². The Morgan fingerprint density at radius 2 is 2.23 bits per heavy atom. The van der Waals surface area contributed by atoms with Gasteiger partial charge < -0.3 is 14.8 Å². The Bertz CT molecular complexity index is 503. The van der Waals surface area contributed by atoms with E-state index in [1.54, 1.807) is 12.1 Å². The van der Waals surface area contributed by atoms with Crippen molar-refractivity contribution in [2.24, 2.45) is 0 Å². The number of hydrogen-bond donors (Lipinski definition) is 1. The van der Waals surface area contributed by atoms with E-state index >= 15 is 0 Å². The summed E-state index contributed by atoms with van der Waals surface area (Å²) in [6, 6.07) is 7.82. The summed E-state index contributed by atoms with van der Waals surface area (Å²) in [6.45, 7) is 6.02. The van der Waals surface area contributed by atoms with E-state index in [1.807, 2.05) is 19.1 Å². The van der Waals surface area contributed by atoms with E-state index in [2.05, 4.69) is 10.2 Å². The molecule has 2 saturated heterocycles. The molecule has 1 amide bonds. The van der Waals surface area contributed by atoms with Gasteiger partial charge in [-0.05, 0) is 50.6 Å². The Morgan fingerprint density at radius 1 is 1.41 bits per heavy atom. The van der Waals surface area contributed by atoms with Crippen molar-refractivity contribution in [3.63, 3.8) is 0 Å². The zero-order valence-corrected chi connectivity index (χ0v) is 13.1. The second kappa shape index (κ2) is 7.11. The Morgan fingerprint density at radius 3 is 3.00 bits per heavy atom. The molecule has 0 aromatic heterocycles. The maximum atomic E-state index is 12.2. The van der Waals surface area contributed by atoms with Gasteiger partial charge in [0.25, 0.3) is 5.91 Å². The van der Waals surface area contributed by atoms with Crippen LogP contribution in [0.3, 0.4) is 0 Å². The van der Waals surface area contributed by atoms with Crippen molar-refractivity contribution in [1.29, 1.82) is 0 Å². The Balaban J connectivity index is 1.47. The third-order valence-electron chi connectivity index (χ3n) is 4.38. The standard InChI is InChI=1S/C17H24N2O3/c1-2-21-15-7-5-13(6-8-15)17(20)18-10-16-11-19-9-3-4-14(19)12-22-16/h5-8,14,16H,2-4,9-12H2,1H3,(H,18,20)/t14-,16+/m0/s1. The third kappa shape index (κ3) is 3.59. The Hall–Kier alpha value is -1.59. The lowest BCUT2D eigenvalue weighted by Crippen LogP contribution is -2.50. The van der Waals surface area contributed by atoms with Gasteiger partial charge in [0.05, 0.1) is 19.3 Å². The van der Waals surface area contributed by atoms with Crippen molar-refractivity contribution in [3.8, 4) is 5.75 Å². The van der Waals surface area contributed by atoms with Crippen LogP contribution in [0.5, 0.6) is 5.75 Å². The number of amides is 1. The highest BCUT2D eigenvalue weighted by Gasteiger charge is 2.32. The van der Waals surface area contributed by atoms with E-state index < -0.39 is 0 Å². The molecule has 3 rings (SSSR count). The summed E-state index contributed by atoms with van der Waals surface area (Å²) in [5.41, 5.74) is 0.651. The smallest absolute Gasteiger partial charge is 0.251 e. The number of fused-ring (bicyclic) bond motifs is 1. The molecule has 1 aromatic rings. The molecule has 5 nitrogen and oxygen atoms in total. The van der Waals surface area contributed by atoms with Crippen molar-refractivity contribution in [1.82, 2.24) is 10.2 Å². The molecule has 5 heteroatoms. The lowest BCUT2D eigenvalue weighted by atomic mass is 10.1. The predicted molar refractivity (Wildman–Crippen MR) is 84.3 cm³/mol. The number of hydrogen-bond acceptors (Lipinski definition) is 4. The first-order valence-corrected chi connectivity index (χ1v) is 8.13. The minimum Gasteiger partial charge on any atom is -0.494 e. The molecule has 22 heavy (non-hydrogen) atoms. The first-order chi connectivity index (χ1) is 10.8. The number of ether oxygens (including phenoxy) is 2. The molecule has 2 aliphatic heterocycles. The number of carbonyl (C=O) groups excluding carboxylic acids is 1. The summed E-state index contributed by atoms with van der Waals surface area (Å²) in [7, 11) is 0. The monoisotopic (exact) mass is 304 g/mol. The van der Waals surface area contributed by atoms with Crippen LogP contribution in [0, 0.1) is 0 Å². The lowest BCUT2D eigenvalue weighted by Gasteiger charge is -2.35. The van der Waals surface area contributed by atoms with Gasteiger partial charge in [0, 0.05) is 24.7 Å². The zero-order valence-electron chi connectivity index (χ0n) is 13.1. The van der Waals surface area contributed by atoms with Gasteiger partial charge in [-0.15, -0.1) is 0 Å². The second-order valence-corrected chi connectivity index (χ2v) is 5.91. The van der Waals surface area contributed by atoms with E-state index in [9.17, 15) is 4.79 Å². The van der Waals surface area contributed by atoms with Crippen LogP contribution < -0.4 is 10.1 Å². The SMILES string of the molecule is CCOc1ccc(C(=O)NC[C@@H]2CN3CCC[C@H]3CO2)cc1. The van der Waals surface area contributed by atoms with Crippen LogP contribution in [-0.2, 0) is 4.74 Å². The zero-order chi connectivity index (χ0) is 15.4. The first kappa shape index (κ1) is 15.3. The quantitative estimate of drug-likeness (QED) is 0.899. The van der Waals surface area contributed by atoms with E-state index in [1.165, 1.54) is 12.8 Å². The molecule has 1 aromatic carbocycles. The molecule has 2 aliphatic rings. The van der Waals surface area contributed by atoms with Gasteiger partial charge in [-0.1, -0.05) is 0 Å². The van der Waals surface area contributed by atoms with Crippen LogP contribution in [0.4, 0.5) is 0 Å². The van der Waals surface area contributed by atoms with E-state index in [0.29, 0.717) is 24.8 Å². The second-order valence-electron chi connectivity index (χ2n) is 5.91. The summed E-state index contributed by atoms with van der Waals surface area (Å²) >= 11 is 0. The molecule has 1 N–H and O–H groups in total. The van der Waals surface area contributed by atoms with Crippen molar-refractivity contribution in [2.75, 3.05) is 32.8 Å². The molecular formula is C17H24N2O3. The summed E-state index contributed by atoms with van der Waals surface area (Å²) in [5.74, 6) is 0.727. The molecule has 0 aliphatic carbocycles. The molecule has 0 saturated carbocycles. The molecule has 2 heterocycles. The average molecular weight is 304 g/mol. The maximum Gasteiger partial charge on any atom is 0.251 e. The van der Waals surface area contributed by atoms with E-state index in [-0.39, 0.29) is 12.0 Å². The van der Waals surface area contributed by atoms with Gasteiger partial charge in [-0.25, -0.2) is 0 Å². The summed E-state index contributed by atoms with van der Waals surface area (Å²) < 4.78 is 11.2. The predicted octanol–water partition coefficient (Wildman–Crippen LogP) is 1.68. The van der Waals surface area contributed by atoms with Crippen LogP contribution in [0.2, 0.25) is 0 Å². The fourth-order valence-corrected chi connectivity index (χ4v) is 3.19. The number of nitrogens with zero attached hydrogens (tertiary/aromatic N) is 1. The molecule has 120 valence electrons. The summed E-state index contributed by atoms with van der Waals surface area (Å²) in [4.78, 5) is 14.6. The molecular weight excluding hydrogens is 280 g/mol. The molecule has 0 spiro atoms. The minimum atomic E-state index is -0.0600. The third-order valence-corrected chi connectivity index (χ3v) is 4.38. The molecule has 0 radical (unpaired) electrons. The Labute approximate surface area is 131 Å². The van der Waals surface area contributed by atoms with Gasteiger partial charge in [-0.3, -0.25) is 9.69 Å². The van der Waals surface area contributed by atoms with Crippen LogP contribution >= 0.6 is 0 Å². The highest BCUT2D eigenvalue weighted by molar-refractivity contribution is 5.94. The van der Waals surface area contributed by atoms with Crippen molar-refractivity contribution in [2.45, 2.75) is 31.9 Å². The van der Waals surface area contributed by atoms with Gasteiger partial charge in [-0.2, -0.15) is 0 Å². The fourth-order valence-electron chi connectivity index (χ4n) is 3.19. The number of rotatable bonds is 5. The number of nitrogens with one attached hydrogen (secondary N) is 1. The minimum absolute atomic E-state index is 0.0600. The fraction of sp³-hybridized carbons (Fsp3) is 0.588. The van der Waals surface area contributed by atoms with Crippen molar-refractivity contribution in [3.05, 3.63) is 29.8 Å². The highest BCUT2D eigenvalue weighted by atomic mass is 16.5. The van der Waals surface area contributed by atoms with Gasteiger partial charge in [0.2, 0.25) is 0 Å². The first-order valence-electron chi connectivity index (χ1n) is 8.13. The van der Waals surface area contributed by atoms with Gasteiger partial charge in [0.1, 0.15) is 5.75 Å². The van der Waals surface area contributed by atoms with E-state index in [0.717, 1.165) is 25.4 Å². The van der Waals surface area contributed by atoms with Crippen LogP contribution in [0.25, 0.3) is 0 Å². The number of benzene rings is 1. The number of carbonyl (C=O) groups is 1. The highest BCUT2D eigenvalue weighted by Crippen LogP contribution is 2.22. The summed E-state index contributed by atoms with van der Waals surface area (Å²) in [5, 5.41) is 2.97. The van der Waals surface area contributed by atoms with Gasteiger partial charge in [0.15, 0.2) is 0 Å². The largest absolute Gasteiger partial charge is 0.494 e. The molecule has 0 bridgehead atoms. The normalized spacial score (nSPS) is 24.8. The van der Waals surface area contributed by atoms with Gasteiger partial charge >= 0.3 is 0 Å². The van der Waals surface area contributed by atoms with Crippen LogP contribution in [0.15, 0.2) is 24.3 Å². The van der Waals surface area contributed by atoms with Crippen LogP contribution in [0.1, 0.15) is 30.1 Å². The summed E-state index contributed by atoms with van der Waals surface area (Å²) in [6.07, 6.45) is 2.60. The van der Waals surface area contributed by atoms with Crippen molar-refractivity contribution < 1.29 is 14.3 Å². The number of morpholine rings is 1. The van der Waals surface area contributed by atoms with E-state index in [4.69, 9.17) is 9.47 Å². The lowest BCUT2D eigenvalue weighted by molar-refractivity contribution is -0.0461. The molecule has 2 fully saturated rings.